The summed E-state index contributed by atoms with van der Waals surface area (Å²) in [7, 11) is 0. The van der Waals surface area contributed by atoms with Crippen LogP contribution in [0.15, 0.2) is 36.0 Å². The van der Waals surface area contributed by atoms with Crippen LogP contribution in [0.4, 0.5) is 11.4 Å². The molecule has 0 aliphatic carbocycles. The predicted octanol–water partition coefficient (Wildman–Crippen LogP) is 1.98. The number of carbonyl (C=O) groups is 1. The number of nitrogens with one attached hydrogen (secondary N) is 1. The molecule has 0 aliphatic heterocycles. The summed E-state index contributed by atoms with van der Waals surface area (Å²) in [4.78, 5) is 16.2. The van der Waals surface area contributed by atoms with Crippen LogP contribution in [0.25, 0.3) is 0 Å². The van der Waals surface area contributed by atoms with E-state index in [1.54, 1.807) is 18.3 Å². The van der Waals surface area contributed by atoms with Crippen LogP contribution in [0.1, 0.15) is 9.67 Å². The first-order valence-corrected chi connectivity index (χ1v) is 5.19. The lowest BCUT2D eigenvalue weighted by Gasteiger charge is -2.05. The van der Waals surface area contributed by atoms with E-state index in [-0.39, 0.29) is 5.91 Å². The van der Waals surface area contributed by atoms with Crippen LogP contribution < -0.4 is 11.1 Å². The monoisotopic (exact) mass is 219 g/mol. The van der Waals surface area contributed by atoms with Gasteiger partial charge in [0.25, 0.3) is 5.91 Å². The molecule has 0 unspecified atom stereocenters. The van der Waals surface area contributed by atoms with E-state index in [1.807, 2.05) is 11.4 Å². The molecule has 3 N–H and O–H groups in total. The molecule has 0 saturated carbocycles. The van der Waals surface area contributed by atoms with E-state index in [0.29, 0.717) is 16.3 Å². The van der Waals surface area contributed by atoms with Crippen molar-refractivity contribution in [1.29, 1.82) is 0 Å². The van der Waals surface area contributed by atoms with Gasteiger partial charge in [0.2, 0.25) is 0 Å². The summed E-state index contributed by atoms with van der Waals surface area (Å²) >= 11 is 1.39. The number of pyridine rings is 1. The fraction of sp³-hybridized carbons (Fsp3) is 0. The highest BCUT2D eigenvalue weighted by molar-refractivity contribution is 7.12. The Morgan fingerprint density at radius 2 is 2.33 bits per heavy atom. The summed E-state index contributed by atoms with van der Waals surface area (Å²) in [5.74, 6) is -0.150. The zero-order chi connectivity index (χ0) is 10.7. The third kappa shape index (κ3) is 2.13. The number of amides is 1. The molecule has 0 radical (unpaired) electrons. The number of carbonyl (C=O) groups excluding carboxylic acids is 1. The van der Waals surface area contributed by atoms with Crippen molar-refractivity contribution >= 4 is 28.6 Å². The summed E-state index contributed by atoms with van der Waals surface area (Å²) in [6, 6.07) is 5.26. The Morgan fingerprint density at radius 1 is 1.47 bits per heavy atom. The van der Waals surface area contributed by atoms with Crippen LogP contribution in [0.2, 0.25) is 0 Å². The van der Waals surface area contributed by atoms with Crippen molar-refractivity contribution in [2.75, 3.05) is 11.1 Å². The van der Waals surface area contributed by atoms with Crippen molar-refractivity contribution in [1.82, 2.24) is 4.98 Å². The first-order chi connectivity index (χ1) is 7.27. The largest absolute Gasteiger partial charge is 0.396 e. The number of rotatable bonds is 2. The predicted molar refractivity (Wildman–Crippen MR) is 60.9 cm³/mol. The Kier molecular flexibility index (Phi) is 2.64. The van der Waals surface area contributed by atoms with Gasteiger partial charge in [-0.05, 0) is 17.5 Å². The quantitative estimate of drug-likeness (QED) is 0.811. The van der Waals surface area contributed by atoms with Gasteiger partial charge in [0, 0.05) is 6.20 Å². The number of nitrogens with zero attached hydrogens (tertiary/aromatic N) is 1. The molecule has 0 aromatic carbocycles. The van der Waals surface area contributed by atoms with Crippen molar-refractivity contribution in [3.63, 3.8) is 0 Å². The average Bonchev–Trinajstić information content (AvgIpc) is 2.74. The minimum atomic E-state index is -0.150. The van der Waals surface area contributed by atoms with Gasteiger partial charge < -0.3 is 11.1 Å². The maximum atomic E-state index is 11.7. The Labute approximate surface area is 90.8 Å². The number of anilines is 2. The maximum Gasteiger partial charge on any atom is 0.265 e. The molecule has 0 fully saturated rings. The molecular formula is C10H9N3OS. The van der Waals surface area contributed by atoms with Gasteiger partial charge in [0.15, 0.2) is 0 Å². The molecule has 15 heavy (non-hydrogen) atoms. The molecule has 0 bridgehead atoms. The average molecular weight is 219 g/mol. The van der Waals surface area contributed by atoms with Gasteiger partial charge >= 0.3 is 0 Å². The highest BCUT2D eigenvalue weighted by Crippen LogP contribution is 2.17. The van der Waals surface area contributed by atoms with Crippen LogP contribution in [-0.2, 0) is 0 Å². The van der Waals surface area contributed by atoms with E-state index in [2.05, 4.69) is 10.3 Å². The zero-order valence-corrected chi connectivity index (χ0v) is 8.62. The number of nitrogen functional groups attached to an aromatic ring is 1. The van der Waals surface area contributed by atoms with Crippen LogP contribution in [0.3, 0.4) is 0 Å². The minimum Gasteiger partial charge on any atom is -0.396 e. The lowest BCUT2D eigenvalue weighted by molar-refractivity contribution is 0.103. The van der Waals surface area contributed by atoms with Crippen molar-refractivity contribution in [3.05, 3.63) is 40.8 Å². The molecule has 0 spiro atoms. The fourth-order valence-corrected chi connectivity index (χ4v) is 1.73. The van der Waals surface area contributed by atoms with Gasteiger partial charge in [-0.15, -0.1) is 11.3 Å². The van der Waals surface area contributed by atoms with Crippen LogP contribution in [0, 0.1) is 0 Å². The van der Waals surface area contributed by atoms with E-state index in [9.17, 15) is 4.79 Å². The van der Waals surface area contributed by atoms with E-state index in [1.165, 1.54) is 17.5 Å². The van der Waals surface area contributed by atoms with Gasteiger partial charge in [-0.25, -0.2) is 0 Å². The molecule has 0 saturated heterocycles. The molecule has 4 nitrogen and oxygen atoms in total. The van der Waals surface area contributed by atoms with Crippen LogP contribution >= 0.6 is 11.3 Å². The second-order valence-electron chi connectivity index (χ2n) is 2.89. The third-order valence-electron chi connectivity index (χ3n) is 1.85. The van der Waals surface area contributed by atoms with Gasteiger partial charge in [-0.3, -0.25) is 9.78 Å². The second-order valence-corrected chi connectivity index (χ2v) is 3.84. The summed E-state index contributed by atoms with van der Waals surface area (Å²) in [5.41, 5.74) is 6.70. The summed E-state index contributed by atoms with van der Waals surface area (Å²) in [6.45, 7) is 0. The van der Waals surface area contributed by atoms with Crippen molar-refractivity contribution in [2.24, 2.45) is 0 Å². The minimum absolute atomic E-state index is 0.150. The number of aromatic nitrogens is 1. The number of hydrogen-bond donors (Lipinski definition) is 2. The van der Waals surface area contributed by atoms with Gasteiger partial charge in [-0.1, -0.05) is 6.07 Å². The highest BCUT2D eigenvalue weighted by Gasteiger charge is 2.07. The normalized spacial score (nSPS) is 9.87. The first kappa shape index (κ1) is 9.67. The Hall–Kier alpha value is -1.88. The lowest BCUT2D eigenvalue weighted by atomic mass is 10.3. The Balaban J connectivity index is 2.17. The molecular weight excluding hydrogens is 210 g/mol. The molecule has 0 aliphatic rings. The number of hydrogen-bond acceptors (Lipinski definition) is 4. The smallest absolute Gasteiger partial charge is 0.265 e. The first-order valence-electron chi connectivity index (χ1n) is 4.32. The molecule has 76 valence electrons. The summed E-state index contributed by atoms with van der Waals surface area (Å²) < 4.78 is 0. The topological polar surface area (TPSA) is 68.0 Å². The SMILES string of the molecule is Nc1cnccc1NC(=O)c1cccs1. The zero-order valence-electron chi connectivity index (χ0n) is 7.81. The molecule has 1 amide bonds. The van der Waals surface area contributed by atoms with Gasteiger partial charge in [0.05, 0.1) is 22.4 Å². The Morgan fingerprint density at radius 3 is 3.00 bits per heavy atom. The number of nitrogens with two attached hydrogens (primary N) is 1. The van der Waals surface area contributed by atoms with E-state index < -0.39 is 0 Å². The molecule has 2 rings (SSSR count). The van der Waals surface area contributed by atoms with Crippen LogP contribution in [0.5, 0.6) is 0 Å². The summed E-state index contributed by atoms with van der Waals surface area (Å²) in [5, 5.41) is 4.57. The van der Waals surface area contributed by atoms with E-state index in [4.69, 9.17) is 5.73 Å². The lowest BCUT2D eigenvalue weighted by Crippen LogP contribution is -2.11. The fourth-order valence-electron chi connectivity index (χ4n) is 1.11. The van der Waals surface area contributed by atoms with Gasteiger partial charge in [0.1, 0.15) is 0 Å². The third-order valence-corrected chi connectivity index (χ3v) is 2.71. The molecule has 2 heterocycles. The number of thiophene rings is 1. The van der Waals surface area contributed by atoms with Crippen molar-refractivity contribution < 1.29 is 4.79 Å². The second kappa shape index (κ2) is 4.10. The van der Waals surface area contributed by atoms with E-state index >= 15 is 0 Å². The van der Waals surface area contributed by atoms with Crippen LogP contribution in [-0.4, -0.2) is 10.9 Å². The van der Waals surface area contributed by atoms with Gasteiger partial charge in [-0.2, -0.15) is 0 Å². The Bertz CT molecular complexity index is 467. The van der Waals surface area contributed by atoms with E-state index in [0.717, 1.165) is 0 Å². The standard InChI is InChI=1S/C10H9N3OS/c11-7-6-12-4-3-8(7)13-10(14)9-2-1-5-15-9/h1-6H,11H2,(H,12,13,14). The molecule has 0 atom stereocenters. The molecule has 5 heteroatoms. The van der Waals surface area contributed by atoms with Crippen molar-refractivity contribution in [3.8, 4) is 0 Å². The maximum absolute atomic E-state index is 11.7. The van der Waals surface area contributed by atoms with Crippen molar-refractivity contribution in [2.45, 2.75) is 0 Å². The molecule has 2 aromatic heterocycles. The molecule has 2 aromatic rings. The highest BCUT2D eigenvalue weighted by atomic mass is 32.1. The summed E-state index contributed by atoms with van der Waals surface area (Å²) in [6.07, 6.45) is 3.09.